The summed E-state index contributed by atoms with van der Waals surface area (Å²) in [6.45, 7) is -0.585. The third kappa shape index (κ3) is 3.29. The summed E-state index contributed by atoms with van der Waals surface area (Å²) in [5.74, 6) is 0. The number of pyridine rings is 1. The van der Waals surface area contributed by atoms with Gasteiger partial charge in [0.1, 0.15) is 6.54 Å². The highest BCUT2D eigenvalue weighted by Crippen LogP contribution is 2.40. The smallest absolute Gasteiger partial charge is 0.392 e. The summed E-state index contributed by atoms with van der Waals surface area (Å²) >= 11 is 0. The highest BCUT2D eigenvalue weighted by Gasteiger charge is 2.36. The van der Waals surface area contributed by atoms with Crippen molar-refractivity contribution in [2.45, 2.75) is 38.8 Å². The van der Waals surface area contributed by atoms with Crippen molar-refractivity contribution in [3.63, 3.8) is 0 Å². The zero-order chi connectivity index (χ0) is 20.1. The number of aliphatic hydroxyl groups is 1. The minimum atomic E-state index is -4.90. The van der Waals surface area contributed by atoms with Gasteiger partial charge in [-0.15, -0.1) is 0 Å². The number of hydrogen-bond donors (Lipinski definition) is 2. The van der Waals surface area contributed by atoms with E-state index in [4.69, 9.17) is 0 Å². The first-order chi connectivity index (χ1) is 12.5. The van der Waals surface area contributed by atoms with Crippen LogP contribution in [0.5, 0.6) is 0 Å². The Balaban J connectivity index is 2.57. The molecule has 0 saturated heterocycles. The van der Waals surface area contributed by atoms with Crippen molar-refractivity contribution in [3.8, 4) is 0 Å². The van der Waals surface area contributed by atoms with Crippen LogP contribution in [0.15, 0.2) is 23.0 Å². The molecule has 2 heterocycles. The number of hydrogen-bond acceptors (Lipinski definition) is 2. The van der Waals surface area contributed by atoms with E-state index in [9.17, 15) is 36.2 Å². The van der Waals surface area contributed by atoms with Crippen LogP contribution < -0.4 is 5.56 Å². The summed E-state index contributed by atoms with van der Waals surface area (Å²) in [4.78, 5) is 13.9. The minimum absolute atomic E-state index is 0.0140. The third-order valence-corrected chi connectivity index (χ3v) is 4.39. The number of alkyl halides is 6. The van der Waals surface area contributed by atoms with E-state index >= 15 is 0 Å². The molecule has 4 nitrogen and oxygen atoms in total. The van der Waals surface area contributed by atoms with E-state index < -0.39 is 42.0 Å². The van der Waals surface area contributed by atoms with Gasteiger partial charge in [-0.3, -0.25) is 4.79 Å². The lowest BCUT2D eigenvalue weighted by molar-refractivity contribution is -0.140. The molecule has 0 saturated carbocycles. The van der Waals surface area contributed by atoms with E-state index in [2.05, 4.69) is 4.98 Å². The fourth-order valence-electron chi connectivity index (χ4n) is 3.49. The molecule has 0 unspecified atom stereocenters. The Hall–Kier alpha value is -2.49. The molecule has 1 aromatic carbocycles. The van der Waals surface area contributed by atoms with Crippen LogP contribution in [-0.4, -0.2) is 20.8 Å². The number of nitrogens with zero attached hydrogens (tertiary/aromatic N) is 1. The fraction of sp³-hybridized carbons (Fsp3) is 0.353. The monoisotopic (exact) mass is 392 g/mol. The van der Waals surface area contributed by atoms with Crippen LogP contribution in [-0.2, 0) is 25.7 Å². The molecule has 146 valence electrons. The first-order valence-corrected chi connectivity index (χ1v) is 7.92. The molecule has 2 aromatic heterocycles. The molecule has 0 aliphatic carbocycles. The van der Waals surface area contributed by atoms with Gasteiger partial charge < -0.3 is 14.7 Å². The molecule has 0 atom stereocenters. The maximum atomic E-state index is 13.5. The van der Waals surface area contributed by atoms with Crippen molar-refractivity contribution in [2.24, 2.45) is 0 Å². The van der Waals surface area contributed by atoms with Crippen LogP contribution in [0.1, 0.15) is 23.7 Å². The summed E-state index contributed by atoms with van der Waals surface area (Å²) in [7, 11) is 0. The van der Waals surface area contributed by atoms with Gasteiger partial charge in [0.05, 0.1) is 12.2 Å². The van der Waals surface area contributed by atoms with Crippen LogP contribution in [0.4, 0.5) is 26.3 Å². The largest absolute Gasteiger partial charge is 0.417 e. The molecule has 3 aromatic rings. The standard InChI is InChI=1S/C17H14F6N2O2/c1-2-11-8(6-26)14-12(25(11)7-16(18,19)20)4-3-10-15(14)9(17(21,22)23)5-13(27)24-10/h3-5,26H,2,6-7H2,1H3,(H,24,27). The van der Waals surface area contributed by atoms with Crippen molar-refractivity contribution in [1.82, 2.24) is 9.55 Å². The second-order valence-corrected chi connectivity index (χ2v) is 6.07. The Morgan fingerprint density at radius 2 is 1.78 bits per heavy atom. The minimum Gasteiger partial charge on any atom is -0.392 e. The van der Waals surface area contributed by atoms with Gasteiger partial charge in [0.2, 0.25) is 5.56 Å². The number of benzene rings is 1. The van der Waals surface area contributed by atoms with Crippen LogP contribution in [0.3, 0.4) is 0 Å². The number of aliphatic hydroxyl groups excluding tert-OH is 1. The van der Waals surface area contributed by atoms with Gasteiger partial charge in [-0.05, 0) is 18.6 Å². The van der Waals surface area contributed by atoms with Crippen LogP contribution >= 0.6 is 0 Å². The number of aromatic nitrogens is 2. The fourth-order valence-corrected chi connectivity index (χ4v) is 3.49. The second kappa shape index (κ2) is 6.29. The normalized spacial score (nSPS) is 13.0. The SMILES string of the molecule is CCc1c(CO)c2c3c(C(F)(F)F)cc(=O)[nH]c3ccc2n1CC(F)(F)F. The highest BCUT2D eigenvalue weighted by molar-refractivity contribution is 6.09. The molecular formula is C17H14F6N2O2. The Morgan fingerprint density at radius 3 is 2.30 bits per heavy atom. The Morgan fingerprint density at radius 1 is 1.11 bits per heavy atom. The summed E-state index contributed by atoms with van der Waals surface area (Å²) in [6, 6.07) is 2.73. The Bertz CT molecular complexity index is 1080. The molecule has 0 amide bonds. The summed E-state index contributed by atoms with van der Waals surface area (Å²) in [5, 5.41) is 9.15. The molecule has 3 rings (SSSR count). The number of halogens is 6. The molecule has 0 aliphatic heterocycles. The van der Waals surface area contributed by atoms with E-state index in [1.165, 1.54) is 6.07 Å². The number of nitrogens with one attached hydrogen (secondary N) is 1. The van der Waals surface area contributed by atoms with Crippen molar-refractivity contribution in [1.29, 1.82) is 0 Å². The molecular weight excluding hydrogens is 378 g/mol. The maximum Gasteiger partial charge on any atom is 0.417 e. The molecule has 27 heavy (non-hydrogen) atoms. The van der Waals surface area contributed by atoms with Gasteiger partial charge in [-0.2, -0.15) is 26.3 Å². The van der Waals surface area contributed by atoms with Gasteiger partial charge in [-0.1, -0.05) is 6.92 Å². The number of aromatic amines is 1. The maximum absolute atomic E-state index is 13.5. The van der Waals surface area contributed by atoms with E-state index in [0.29, 0.717) is 6.07 Å². The van der Waals surface area contributed by atoms with Gasteiger partial charge in [0.25, 0.3) is 0 Å². The molecule has 0 radical (unpaired) electrons. The van der Waals surface area contributed by atoms with Crippen molar-refractivity contribution >= 4 is 21.8 Å². The zero-order valence-corrected chi connectivity index (χ0v) is 13.9. The topological polar surface area (TPSA) is 58.0 Å². The summed E-state index contributed by atoms with van der Waals surface area (Å²) < 4.78 is 80.5. The number of rotatable bonds is 3. The quantitative estimate of drug-likeness (QED) is 0.659. The predicted octanol–water partition coefficient (Wildman–Crippen LogP) is 4.12. The van der Waals surface area contributed by atoms with Gasteiger partial charge in [0.15, 0.2) is 0 Å². The van der Waals surface area contributed by atoms with Crippen LogP contribution in [0.2, 0.25) is 0 Å². The average molecular weight is 392 g/mol. The third-order valence-electron chi connectivity index (χ3n) is 4.39. The lowest BCUT2D eigenvalue weighted by Gasteiger charge is -2.13. The highest BCUT2D eigenvalue weighted by atomic mass is 19.4. The van der Waals surface area contributed by atoms with E-state index in [-0.39, 0.29) is 34.1 Å². The lowest BCUT2D eigenvalue weighted by Crippen LogP contribution is -2.19. The van der Waals surface area contributed by atoms with Crippen LogP contribution in [0, 0.1) is 0 Å². The Labute approximate surface area is 148 Å². The van der Waals surface area contributed by atoms with Crippen molar-refractivity contribution < 1.29 is 31.4 Å². The first-order valence-electron chi connectivity index (χ1n) is 7.92. The number of H-pyrrole nitrogens is 1. The molecule has 10 heteroatoms. The van der Waals surface area contributed by atoms with Gasteiger partial charge in [0, 0.05) is 39.1 Å². The second-order valence-electron chi connectivity index (χ2n) is 6.07. The number of fused-ring (bicyclic) bond motifs is 3. The molecule has 0 aliphatic rings. The van der Waals surface area contributed by atoms with Crippen LogP contribution in [0.25, 0.3) is 21.8 Å². The van der Waals surface area contributed by atoms with E-state index in [1.54, 1.807) is 6.92 Å². The zero-order valence-electron chi connectivity index (χ0n) is 13.9. The molecule has 0 spiro atoms. The van der Waals surface area contributed by atoms with E-state index in [0.717, 1.165) is 10.6 Å². The molecule has 0 bridgehead atoms. The Kier molecular flexibility index (Phi) is 4.49. The predicted molar refractivity (Wildman–Crippen MR) is 86.4 cm³/mol. The van der Waals surface area contributed by atoms with Gasteiger partial charge >= 0.3 is 12.4 Å². The average Bonchev–Trinajstić information content (AvgIpc) is 2.84. The molecule has 2 N–H and O–H groups in total. The first kappa shape index (κ1) is 19.3. The molecule has 0 fully saturated rings. The van der Waals surface area contributed by atoms with Gasteiger partial charge in [-0.25, -0.2) is 0 Å². The summed E-state index contributed by atoms with van der Waals surface area (Å²) in [6.07, 6.45) is -9.42. The lowest BCUT2D eigenvalue weighted by atomic mass is 10.0. The summed E-state index contributed by atoms with van der Waals surface area (Å²) in [5.41, 5.74) is -2.41. The van der Waals surface area contributed by atoms with Crippen molar-refractivity contribution in [3.05, 3.63) is 45.4 Å². The van der Waals surface area contributed by atoms with Crippen molar-refractivity contribution in [2.75, 3.05) is 0 Å². The van der Waals surface area contributed by atoms with E-state index in [1.807, 2.05) is 0 Å².